The molecule has 2 rings (SSSR count). The van der Waals surface area contributed by atoms with Crippen LogP contribution in [0.25, 0.3) is 0 Å². The van der Waals surface area contributed by atoms with Crippen molar-refractivity contribution in [1.29, 1.82) is 0 Å². The largest absolute Gasteiger partial charge is 0.248 e. The molecule has 2 aliphatic carbocycles. The predicted molar refractivity (Wildman–Crippen MR) is 48.7 cm³/mol. The smallest absolute Gasteiger partial charge is 0.207 e. The van der Waals surface area contributed by atoms with Crippen molar-refractivity contribution in [1.82, 2.24) is 0 Å². The Balaban J connectivity index is 1.99. The molecule has 2 fully saturated rings. The fourth-order valence-electron chi connectivity index (χ4n) is 3.17. The molecular weight excluding hydrogens is 170 g/mol. The van der Waals surface area contributed by atoms with Gasteiger partial charge in [0.05, 0.1) is 0 Å². The first-order valence-electron chi connectivity index (χ1n) is 5.25. The Morgan fingerprint density at radius 1 is 1.23 bits per heavy atom. The highest BCUT2D eigenvalue weighted by Crippen LogP contribution is 2.68. The molecule has 0 radical (unpaired) electrons. The Bertz CT molecular complexity index is 206. The minimum atomic E-state index is -2.34. The third kappa shape index (κ3) is 1.38. The average molecular weight is 188 g/mol. The van der Waals surface area contributed by atoms with Gasteiger partial charge < -0.3 is 0 Å². The van der Waals surface area contributed by atoms with Crippen molar-refractivity contribution in [3.8, 4) is 0 Å². The van der Waals surface area contributed by atoms with Crippen molar-refractivity contribution < 1.29 is 8.78 Å². The van der Waals surface area contributed by atoms with Crippen molar-refractivity contribution >= 4 is 0 Å². The lowest BCUT2D eigenvalue weighted by molar-refractivity contribution is -0.0146. The van der Waals surface area contributed by atoms with Crippen LogP contribution >= 0.6 is 0 Å². The van der Waals surface area contributed by atoms with Gasteiger partial charge >= 0.3 is 0 Å². The molecule has 0 heterocycles. The number of halogens is 2. The molecule has 0 aliphatic heterocycles. The van der Waals surface area contributed by atoms with Crippen molar-refractivity contribution in [2.75, 3.05) is 0 Å². The summed E-state index contributed by atoms with van der Waals surface area (Å²) in [6.45, 7) is 6.59. The molecule has 0 aromatic carbocycles. The molecule has 13 heavy (non-hydrogen) atoms. The Morgan fingerprint density at radius 2 is 1.69 bits per heavy atom. The van der Waals surface area contributed by atoms with E-state index in [2.05, 4.69) is 20.8 Å². The zero-order valence-corrected chi connectivity index (χ0v) is 8.61. The van der Waals surface area contributed by atoms with Crippen LogP contribution in [0.2, 0.25) is 0 Å². The molecular formula is C11H18F2. The molecule has 2 saturated carbocycles. The molecule has 2 aliphatic rings. The standard InChI is InChI=1S/C11H18F2/c1-4-10(2,3)9-7-5-11(12,13)6-8(7)9/h7-9H,4-6H2,1-3H3. The monoisotopic (exact) mass is 188 g/mol. The van der Waals surface area contributed by atoms with Crippen LogP contribution in [0.5, 0.6) is 0 Å². The van der Waals surface area contributed by atoms with E-state index in [-0.39, 0.29) is 18.3 Å². The third-order valence-electron chi connectivity index (χ3n) is 4.21. The van der Waals surface area contributed by atoms with Crippen molar-refractivity contribution in [2.45, 2.75) is 46.0 Å². The van der Waals surface area contributed by atoms with Crippen molar-refractivity contribution in [2.24, 2.45) is 23.2 Å². The van der Waals surface area contributed by atoms with E-state index < -0.39 is 5.92 Å². The van der Waals surface area contributed by atoms with Crippen molar-refractivity contribution in [3.05, 3.63) is 0 Å². The van der Waals surface area contributed by atoms with Gasteiger partial charge in [-0.05, 0) is 23.2 Å². The molecule has 2 heteroatoms. The predicted octanol–water partition coefficient (Wildman–Crippen LogP) is 3.71. The minimum absolute atomic E-state index is 0.158. The first-order valence-corrected chi connectivity index (χ1v) is 5.25. The number of hydrogen-bond donors (Lipinski definition) is 0. The Hall–Kier alpha value is -0.140. The van der Waals surface area contributed by atoms with Crippen LogP contribution < -0.4 is 0 Å². The highest BCUT2D eigenvalue weighted by molar-refractivity contribution is 5.11. The van der Waals surface area contributed by atoms with Crippen LogP contribution in [0.15, 0.2) is 0 Å². The van der Waals surface area contributed by atoms with E-state index in [4.69, 9.17) is 0 Å². The van der Waals surface area contributed by atoms with E-state index in [1.54, 1.807) is 0 Å². The summed E-state index contributed by atoms with van der Waals surface area (Å²) >= 11 is 0. The van der Waals surface area contributed by atoms with E-state index >= 15 is 0 Å². The topological polar surface area (TPSA) is 0 Å². The number of fused-ring (bicyclic) bond motifs is 1. The number of alkyl halides is 2. The molecule has 0 spiro atoms. The van der Waals surface area contributed by atoms with Gasteiger partial charge in [0.25, 0.3) is 0 Å². The van der Waals surface area contributed by atoms with Crippen LogP contribution in [-0.4, -0.2) is 5.92 Å². The average Bonchev–Trinajstić information content (AvgIpc) is 2.52. The van der Waals surface area contributed by atoms with Gasteiger partial charge in [-0.2, -0.15) is 0 Å². The zero-order chi connectivity index (χ0) is 9.85. The second-order valence-corrected chi connectivity index (χ2v) is 5.46. The second-order valence-electron chi connectivity index (χ2n) is 5.46. The lowest BCUT2D eigenvalue weighted by Crippen LogP contribution is -2.22. The van der Waals surface area contributed by atoms with E-state index in [1.807, 2.05) is 0 Å². The van der Waals surface area contributed by atoms with E-state index in [0.29, 0.717) is 17.8 Å². The van der Waals surface area contributed by atoms with Gasteiger partial charge in [-0.1, -0.05) is 27.2 Å². The lowest BCUT2D eigenvalue weighted by atomic mass is 9.80. The minimum Gasteiger partial charge on any atom is -0.207 e. The van der Waals surface area contributed by atoms with Gasteiger partial charge in [-0.25, -0.2) is 8.78 Å². The summed E-state index contributed by atoms with van der Waals surface area (Å²) in [7, 11) is 0. The Morgan fingerprint density at radius 3 is 2.08 bits per heavy atom. The first-order chi connectivity index (χ1) is 5.87. The number of hydrogen-bond acceptors (Lipinski definition) is 0. The third-order valence-corrected chi connectivity index (χ3v) is 4.21. The molecule has 0 aromatic heterocycles. The van der Waals surface area contributed by atoms with E-state index in [1.165, 1.54) is 0 Å². The molecule has 0 N–H and O–H groups in total. The van der Waals surface area contributed by atoms with Gasteiger partial charge in [-0.15, -0.1) is 0 Å². The summed E-state index contributed by atoms with van der Waals surface area (Å²) in [6.07, 6.45) is 1.42. The highest BCUT2D eigenvalue weighted by atomic mass is 19.3. The quantitative estimate of drug-likeness (QED) is 0.619. The maximum atomic E-state index is 12.9. The Kier molecular flexibility index (Phi) is 1.78. The fourth-order valence-corrected chi connectivity index (χ4v) is 3.17. The normalized spacial score (nSPS) is 41.8. The first kappa shape index (κ1) is 9.42. The van der Waals surface area contributed by atoms with E-state index in [0.717, 1.165) is 6.42 Å². The summed E-state index contributed by atoms with van der Waals surface area (Å²) in [5.41, 5.74) is 0.284. The van der Waals surface area contributed by atoms with Gasteiger partial charge in [0.1, 0.15) is 0 Å². The second kappa shape index (κ2) is 2.46. The van der Waals surface area contributed by atoms with Crippen LogP contribution in [-0.2, 0) is 0 Å². The molecule has 0 nitrogen and oxygen atoms in total. The van der Waals surface area contributed by atoms with E-state index in [9.17, 15) is 8.78 Å². The summed E-state index contributed by atoms with van der Waals surface area (Å²) < 4.78 is 25.8. The molecule has 0 saturated heterocycles. The van der Waals surface area contributed by atoms with Gasteiger partial charge in [-0.3, -0.25) is 0 Å². The van der Waals surface area contributed by atoms with Crippen LogP contribution in [0.3, 0.4) is 0 Å². The fraction of sp³-hybridized carbons (Fsp3) is 1.00. The SMILES string of the molecule is CCC(C)(C)C1C2CC(F)(F)CC21. The molecule has 2 unspecified atom stereocenters. The molecule has 0 aromatic rings. The van der Waals surface area contributed by atoms with Crippen molar-refractivity contribution in [3.63, 3.8) is 0 Å². The van der Waals surface area contributed by atoms with Crippen LogP contribution in [0, 0.1) is 23.2 Å². The van der Waals surface area contributed by atoms with Gasteiger partial charge in [0.2, 0.25) is 5.92 Å². The lowest BCUT2D eigenvalue weighted by Gasteiger charge is -2.26. The summed E-state index contributed by atoms with van der Waals surface area (Å²) in [4.78, 5) is 0. The molecule has 0 bridgehead atoms. The molecule has 0 amide bonds. The van der Waals surface area contributed by atoms with Gasteiger partial charge in [0, 0.05) is 12.8 Å². The number of rotatable bonds is 2. The highest BCUT2D eigenvalue weighted by Gasteiger charge is 2.65. The summed E-state index contributed by atoms with van der Waals surface area (Å²) in [5, 5.41) is 0. The summed E-state index contributed by atoms with van der Waals surface area (Å²) in [5.74, 6) is -1.08. The zero-order valence-electron chi connectivity index (χ0n) is 8.61. The molecule has 2 atom stereocenters. The van der Waals surface area contributed by atoms with Crippen LogP contribution in [0.1, 0.15) is 40.0 Å². The van der Waals surface area contributed by atoms with Gasteiger partial charge in [0.15, 0.2) is 0 Å². The summed E-state index contributed by atoms with van der Waals surface area (Å²) in [6, 6.07) is 0. The Labute approximate surface area is 78.7 Å². The molecule has 76 valence electrons. The van der Waals surface area contributed by atoms with Crippen LogP contribution in [0.4, 0.5) is 8.78 Å². The maximum absolute atomic E-state index is 12.9. The maximum Gasteiger partial charge on any atom is 0.248 e.